The van der Waals surface area contributed by atoms with E-state index in [2.05, 4.69) is 6.92 Å². The van der Waals surface area contributed by atoms with Gasteiger partial charge in [-0.05, 0) is 25.0 Å². The van der Waals surface area contributed by atoms with Crippen LogP contribution in [0.15, 0.2) is 42.5 Å². The van der Waals surface area contributed by atoms with E-state index in [0.717, 1.165) is 12.8 Å². The SMILES string of the molecule is CCCCCCCCCCCCCCCC/C=C/C(=O)Oc1ccccc1. The van der Waals surface area contributed by atoms with Crippen molar-refractivity contribution in [3.63, 3.8) is 0 Å². The number of rotatable bonds is 17. The first-order chi connectivity index (χ1) is 13.3. The highest BCUT2D eigenvalue weighted by Gasteiger charge is 1.98. The second-order valence-corrected chi connectivity index (χ2v) is 7.52. The van der Waals surface area contributed by atoms with Crippen LogP contribution in [0.5, 0.6) is 5.75 Å². The van der Waals surface area contributed by atoms with Crippen LogP contribution in [0.1, 0.15) is 103 Å². The Morgan fingerprint density at radius 2 is 1.22 bits per heavy atom. The number of benzene rings is 1. The third kappa shape index (κ3) is 15.2. The van der Waals surface area contributed by atoms with E-state index in [1.807, 2.05) is 24.3 Å². The molecular formula is C25H40O2. The van der Waals surface area contributed by atoms with Gasteiger partial charge < -0.3 is 4.74 Å². The van der Waals surface area contributed by atoms with Gasteiger partial charge in [-0.3, -0.25) is 0 Å². The Morgan fingerprint density at radius 3 is 1.74 bits per heavy atom. The highest BCUT2D eigenvalue weighted by molar-refractivity contribution is 5.83. The van der Waals surface area contributed by atoms with Gasteiger partial charge in [-0.25, -0.2) is 4.79 Å². The Labute approximate surface area is 167 Å². The maximum atomic E-state index is 11.7. The molecule has 1 aromatic rings. The minimum atomic E-state index is -0.286. The molecule has 0 radical (unpaired) electrons. The van der Waals surface area contributed by atoms with Gasteiger partial charge in [0.25, 0.3) is 0 Å². The van der Waals surface area contributed by atoms with Crippen LogP contribution in [-0.2, 0) is 4.79 Å². The predicted octanol–water partition coefficient (Wildman–Crippen LogP) is 8.02. The molecule has 152 valence electrons. The van der Waals surface area contributed by atoms with E-state index in [0.29, 0.717) is 5.75 Å². The minimum absolute atomic E-state index is 0.286. The smallest absolute Gasteiger partial charge is 0.335 e. The van der Waals surface area contributed by atoms with Gasteiger partial charge in [0.05, 0.1) is 0 Å². The molecule has 0 saturated carbocycles. The van der Waals surface area contributed by atoms with Gasteiger partial charge in [0, 0.05) is 6.08 Å². The third-order valence-corrected chi connectivity index (χ3v) is 4.94. The lowest BCUT2D eigenvalue weighted by Crippen LogP contribution is -2.03. The summed E-state index contributed by atoms with van der Waals surface area (Å²) < 4.78 is 5.21. The fourth-order valence-electron chi connectivity index (χ4n) is 3.28. The van der Waals surface area contributed by atoms with Gasteiger partial charge in [0.2, 0.25) is 0 Å². The van der Waals surface area contributed by atoms with Gasteiger partial charge in [-0.1, -0.05) is 115 Å². The van der Waals surface area contributed by atoms with Gasteiger partial charge in [0.1, 0.15) is 5.75 Å². The second kappa shape index (κ2) is 17.8. The standard InChI is InChI=1S/C25H40O2/c1-2-3-4-5-6-7-8-9-10-11-12-13-14-15-16-20-23-25(26)27-24-21-18-17-19-22-24/h17-23H,2-16H2,1H3/b23-20+. The summed E-state index contributed by atoms with van der Waals surface area (Å²) in [6, 6.07) is 9.21. The van der Waals surface area contributed by atoms with Crippen LogP contribution < -0.4 is 4.74 Å². The molecule has 0 saturated heterocycles. The summed E-state index contributed by atoms with van der Waals surface area (Å²) in [7, 11) is 0. The average Bonchev–Trinajstić information content (AvgIpc) is 2.68. The highest BCUT2D eigenvalue weighted by atomic mass is 16.5. The first kappa shape index (κ1) is 23.5. The van der Waals surface area contributed by atoms with Crippen LogP contribution in [0, 0.1) is 0 Å². The summed E-state index contributed by atoms with van der Waals surface area (Å²) in [5, 5.41) is 0. The molecule has 0 fully saturated rings. The Balaban J connectivity index is 1.81. The first-order valence-corrected chi connectivity index (χ1v) is 11.3. The lowest BCUT2D eigenvalue weighted by molar-refractivity contribution is -0.129. The summed E-state index contributed by atoms with van der Waals surface area (Å²) in [4.78, 5) is 11.7. The molecule has 1 rings (SSSR count). The molecule has 1 aromatic carbocycles. The lowest BCUT2D eigenvalue weighted by Gasteiger charge is -2.03. The zero-order chi connectivity index (χ0) is 19.4. The van der Waals surface area contributed by atoms with Crippen molar-refractivity contribution in [3.8, 4) is 5.75 Å². The number of carbonyl (C=O) groups is 1. The molecule has 0 atom stereocenters. The van der Waals surface area contributed by atoms with Crippen LogP contribution in [0.3, 0.4) is 0 Å². The maximum Gasteiger partial charge on any atom is 0.335 e. The van der Waals surface area contributed by atoms with Crippen molar-refractivity contribution in [3.05, 3.63) is 42.5 Å². The fourth-order valence-corrected chi connectivity index (χ4v) is 3.28. The molecule has 0 aliphatic heterocycles. The summed E-state index contributed by atoms with van der Waals surface area (Å²) in [5.74, 6) is 0.315. The van der Waals surface area contributed by atoms with Crippen molar-refractivity contribution >= 4 is 5.97 Å². The van der Waals surface area contributed by atoms with Crippen molar-refractivity contribution in [1.82, 2.24) is 0 Å². The molecular weight excluding hydrogens is 332 g/mol. The average molecular weight is 373 g/mol. The topological polar surface area (TPSA) is 26.3 Å². The molecule has 0 bridgehead atoms. The van der Waals surface area contributed by atoms with Crippen molar-refractivity contribution in [2.75, 3.05) is 0 Å². The van der Waals surface area contributed by atoms with Crippen molar-refractivity contribution < 1.29 is 9.53 Å². The Hall–Kier alpha value is -1.57. The monoisotopic (exact) mass is 372 g/mol. The molecule has 2 heteroatoms. The summed E-state index contributed by atoms with van der Waals surface area (Å²) in [5.41, 5.74) is 0. The van der Waals surface area contributed by atoms with E-state index in [1.54, 1.807) is 18.2 Å². The Morgan fingerprint density at radius 1 is 0.741 bits per heavy atom. The van der Waals surface area contributed by atoms with Gasteiger partial charge >= 0.3 is 5.97 Å². The van der Waals surface area contributed by atoms with E-state index in [4.69, 9.17) is 4.74 Å². The van der Waals surface area contributed by atoms with Crippen LogP contribution in [0.25, 0.3) is 0 Å². The molecule has 0 N–H and O–H groups in total. The zero-order valence-corrected chi connectivity index (χ0v) is 17.5. The zero-order valence-electron chi connectivity index (χ0n) is 17.5. The number of hydrogen-bond donors (Lipinski definition) is 0. The largest absolute Gasteiger partial charge is 0.423 e. The quantitative estimate of drug-likeness (QED) is 0.120. The summed E-state index contributed by atoms with van der Waals surface area (Å²) >= 11 is 0. The van der Waals surface area contributed by atoms with Crippen LogP contribution in [0.2, 0.25) is 0 Å². The number of carbonyl (C=O) groups excluding carboxylic acids is 1. The Bertz CT molecular complexity index is 478. The van der Waals surface area contributed by atoms with Crippen LogP contribution >= 0.6 is 0 Å². The van der Waals surface area contributed by atoms with E-state index < -0.39 is 0 Å². The van der Waals surface area contributed by atoms with E-state index in [9.17, 15) is 4.79 Å². The molecule has 27 heavy (non-hydrogen) atoms. The Kier molecular flexibility index (Phi) is 15.5. The highest BCUT2D eigenvalue weighted by Crippen LogP contribution is 2.13. The fraction of sp³-hybridized carbons (Fsp3) is 0.640. The van der Waals surface area contributed by atoms with Crippen molar-refractivity contribution in [2.24, 2.45) is 0 Å². The molecule has 0 aliphatic rings. The van der Waals surface area contributed by atoms with Crippen LogP contribution in [-0.4, -0.2) is 5.97 Å². The van der Waals surface area contributed by atoms with Gasteiger partial charge in [0.15, 0.2) is 0 Å². The third-order valence-electron chi connectivity index (χ3n) is 4.94. The first-order valence-electron chi connectivity index (χ1n) is 11.3. The predicted molar refractivity (Wildman–Crippen MR) is 116 cm³/mol. The normalized spacial score (nSPS) is 11.1. The van der Waals surface area contributed by atoms with Crippen molar-refractivity contribution in [1.29, 1.82) is 0 Å². The molecule has 2 nitrogen and oxygen atoms in total. The van der Waals surface area contributed by atoms with E-state index >= 15 is 0 Å². The summed E-state index contributed by atoms with van der Waals surface area (Å²) in [6.45, 7) is 2.28. The minimum Gasteiger partial charge on any atom is -0.423 e. The lowest BCUT2D eigenvalue weighted by atomic mass is 10.0. The molecule has 0 amide bonds. The van der Waals surface area contributed by atoms with Crippen molar-refractivity contribution in [2.45, 2.75) is 103 Å². The maximum absolute atomic E-state index is 11.7. The molecule has 0 unspecified atom stereocenters. The van der Waals surface area contributed by atoms with Gasteiger partial charge in [-0.2, -0.15) is 0 Å². The number of ether oxygens (including phenoxy) is 1. The number of para-hydroxylation sites is 1. The molecule has 0 aromatic heterocycles. The number of hydrogen-bond acceptors (Lipinski definition) is 2. The molecule has 0 aliphatic carbocycles. The summed E-state index contributed by atoms with van der Waals surface area (Å²) in [6.07, 6.45) is 23.7. The van der Waals surface area contributed by atoms with Crippen LogP contribution in [0.4, 0.5) is 0 Å². The number of esters is 1. The van der Waals surface area contributed by atoms with E-state index in [-0.39, 0.29) is 5.97 Å². The second-order valence-electron chi connectivity index (χ2n) is 7.52. The number of unbranched alkanes of at least 4 members (excludes halogenated alkanes) is 14. The van der Waals surface area contributed by atoms with E-state index in [1.165, 1.54) is 83.5 Å². The number of allylic oxidation sites excluding steroid dienone is 1. The van der Waals surface area contributed by atoms with Gasteiger partial charge in [-0.15, -0.1) is 0 Å². The molecule has 0 heterocycles. The molecule has 0 spiro atoms.